The molecule has 0 fully saturated rings. The first-order valence-corrected chi connectivity index (χ1v) is 30.6. The van der Waals surface area contributed by atoms with Crippen LogP contribution >= 0.6 is 0 Å². The Labute approximate surface area is 501 Å². The Hall–Kier alpha value is -11.1. The maximum absolute atomic E-state index is 2.75. The quantitative estimate of drug-likeness (QED) is 0.165. The van der Waals surface area contributed by atoms with Gasteiger partial charge in [0.05, 0.1) is 33.1 Å². The molecule has 6 aliphatic heterocycles. The second kappa shape index (κ2) is 16.0. The van der Waals surface area contributed by atoms with Crippen molar-refractivity contribution in [3.8, 4) is 17.1 Å². The largest absolute Gasteiger partial charge is 0.311 e. The second-order valence-electron chi connectivity index (χ2n) is 24.5. The van der Waals surface area contributed by atoms with Crippen molar-refractivity contribution >= 4 is 186 Å². The molecule has 0 amide bonds. The number of hydrogen-bond donors (Lipinski definition) is 0. The molecule has 396 valence electrons. The average molecular weight is 1100 g/mol. The van der Waals surface area contributed by atoms with E-state index in [0.29, 0.717) is 0 Å². The highest BCUT2D eigenvalue weighted by Crippen LogP contribution is 2.54. The maximum Gasteiger partial charge on any atom is 0.252 e. The summed E-state index contributed by atoms with van der Waals surface area (Å²) in [7, 11) is 0. The molecule has 0 radical (unpaired) electrons. The van der Waals surface area contributed by atoms with Crippen LogP contribution in [-0.2, 0) is 0 Å². The lowest BCUT2D eigenvalue weighted by atomic mass is 9.34. The molecule has 0 spiro atoms. The fourth-order valence-electron chi connectivity index (χ4n) is 17.8. The van der Waals surface area contributed by atoms with E-state index in [2.05, 4.69) is 301 Å². The molecule has 6 aliphatic rings. The fraction of sp³-hybridized carbons (Fsp3) is 0. The second-order valence-corrected chi connectivity index (χ2v) is 24.5. The molecule has 13 aromatic carbocycles. The van der Waals surface area contributed by atoms with Gasteiger partial charge in [0.2, 0.25) is 0 Å². The molecule has 3 aromatic heterocycles. The molecule has 9 heterocycles. The first-order chi connectivity index (χ1) is 43.3. The normalized spacial score (nSPS) is 14.1. The van der Waals surface area contributed by atoms with Crippen molar-refractivity contribution in [2.24, 2.45) is 0 Å². The third kappa shape index (κ3) is 5.30. The van der Waals surface area contributed by atoms with Gasteiger partial charge < -0.3 is 28.4 Å². The average Bonchev–Trinajstić information content (AvgIpc) is 1.50. The number of benzene rings is 13. The predicted octanol–water partition coefficient (Wildman–Crippen LogP) is 12.8. The summed E-state index contributed by atoms with van der Waals surface area (Å²) in [5, 5.41) is 7.66. The molecular weight excluding hydrogens is 1050 g/mol. The number of para-hydroxylation sites is 9. The van der Waals surface area contributed by atoms with Crippen LogP contribution in [0.5, 0.6) is 0 Å². The molecule has 0 N–H and O–H groups in total. The summed E-state index contributed by atoms with van der Waals surface area (Å²) in [6.07, 6.45) is 0. The van der Waals surface area contributed by atoms with Gasteiger partial charge in [0, 0.05) is 101 Å². The molecule has 0 saturated heterocycles. The zero-order valence-corrected chi connectivity index (χ0v) is 46.9. The van der Waals surface area contributed by atoms with Crippen molar-refractivity contribution in [1.82, 2.24) is 13.7 Å². The standard InChI is InChI=1S/C78H45B3N6/c1-4-22-46(23-5-1)82-58-34-16-10-28-52(58)79-55-31-13-19-37-61(55)85-73-49(40-43-64(82)70(73)79)67-68-50-41-44-65-71-74(50)86(62-38-20-14-32-56(62)80(71)53-29-11-17-35-59(53)83(65)47-24-6-2-7-25-47)77(68)78-69(76(67)85)51-42-45-66-72-75(51)87(78)63-39-21-15-33-57(63)81(72)54-30-12-18-36-60(54)84(66)48-26-8-3-9-27-48/h1-45H. The summed E-state index contributed by atoms with van der Waals surface area (Å²) in [5.74, 6) is 0. The third-order valence-electron chi connectivity index (χ3n) is 20.7. The van der Waals surface area contributed by atoms with Crippen molar-refractivity contribution < 1.29 is 0 Å². The molecule has 16 aromatic rings. The van der Waals surface area contributed by atoms with Crippen molar-refractivity contribution in [3.05, 3.63) is 273 Å². The number of nitrogens with zero attached hydrogens (tertiary/aromatic N) is 6. The number of aromatic nitrogens is 3. The van der Waals surface area contributed by atoms with E-state index < -0.39 is 0 Å². The molecule has 87 heavy (non-hydrogen) atoms. The summed E-state index contributed by atoms with van der Waals surface area (Å²) in [5.41, 5.74) is 34.0. The molecule has 0 bridgehead atoms. The summed E-state index contributed by atoms with van der Waals surface area (Å²) in [6.45, 7) is -0.0187. The molecule has 0 saturated carbocycles. The zero-order chi connectivity index (χ0) is 56.1. The van der Waals surface area contributed by atoms with Crippen LogP contribution in [0.3, 0.4) is 0 Å². The van der Waals surface area contributed by atoms with Crippen molar-refractivity contribution in [2.45, 2.75) is 0 Å². The van der Waals surface area contributed by atoms with Gasteiger partial charge in [-0.05, 0) is 140 Å². The summed E-state index contributed by atoms with van der Waals surface area (Å²) in [6, 6.07) is 104. The van der Waals surface area contributed by atoms with E-state index in [-0.39, 0.29) is 20.1 Å². The van der Waals surface area contributed by atoms with E-state index >= 15 is 0 Å². The Morgan fingerprint density at radius 3 is 0.782 bits per heavy atom. The van der Waals surface area contributed by atoms with Crippen LogP contribution in [0.25, 0.3) is 82.5 Å². The lowest BCUT2D eigenvalue weighted by Gasteiger charge is -2.40. The van der Waals surface area contributed by atoms with Crippen LogP contribution in [0.15, 0.2) is 273 Å². The number of hydrogen-bond acceptors (Lipinski definition) is 3. The summed E-state index contributed by atoms with van der Waals surface area (Å²) >= 11 is 0. The number of rotatable bonds is 3. The molecule has 0 atom stereocenters. The smallest absolute Gasteiger partial charge is 0.252 e. The van der Waals surface area contributed by atoms with E-state index in [9.17, 15) is 0 Å². The van der Waals surface area contributed by atoms with E-state index in [1.165, 1.54) is 166 Å². The van der Waals surface area contributed by atoms with Gasteiger partial charge in [0.25, 0.3) is 20.1 Å². The SMILES string of the molecule is c1ccc(N2c3ccccc3B3c4ccccc4-n4c5c3c2ccc5c2c3c5ccc6c7c5n(c3c3c(c5ccc8c9c5n3-c3ccccc3B9c3ccccc3N8c3ccccc3)c24)-c2ccccc2B7c2ccccc2N6c2ccccc2)cc1. The van der Waals surface area contributed by atoms with Gasteiger partial charge >= 0.3 is 0 Å². The highest BCUT2D eigenvalue weighted by Gasteiger charge is 2.48. The minimum absolute atomic E-state index is 0.00177. The van der Waals surface area contributed by atoms with Crippen LogP contribution in [0.1, 0.15) is 0 Å². The molecule has 6 nitrogen and oxygen atoms in total. The fourth-order valence-corrected chi connectivity index (χ4v) is 17.8. The van der Waals surface area contributed by atoms with Crippen molar-refractivity contribution in [2.75, 3.05) is 14.7 Å². The van der Waals surface area contributed by atoms with E-state index in [4.69, 9.17) is 0 Å². The minimum atomic E-state index is -0.0107. The third-order valence-corrected chi connectivity index (χ3v) is 20.7. The highest BCUT2D eigenvalue weighted by molar-refractivity contribution is 7.02. The van der Waals surface area contributed by atoms with E-state index in [1.54, 1.807) is 0 Å². The Bertz CT molecular complexity index is 5830. The Kier molecular flexibility index (Phi) is 8.32. The Morgan fingerprint density at radius 1 is 0.184 bits per heavy atom. The highest BCUT2D eigenvalue weighted by atomic mass is 15.2. The Balaban J connectivity index is 1.01. The first-order valence-electron chi connectivity index (χ1n) is 30.6. The van der Waals surface area contributed by atoms with Gasteiger partial charge in [0.1, 0.15) is 0 Å². The van der Waals surface area contributed by atoms with E-state index in [1.807, 2.05) is 0 Å². The number of fused-ring (bicyclic) bond motifs is 27. The monoisotopic (exact) mass is 1100 g/mol. The first kappa shape index (κ1) is 45.3. The van der Waals surface area contributed by atoms with Crippen molar-refractivity contribution in [1.29, 1.82) is 0 Å². The van der Waals surface area contributed by atoms with Crippen LogP contribution in [0.2, 0.25) is 0 Å². The Morgan fingerprint density at radius 2 is 0.437 bits per heavy atom. The van der Waals surface area contributed by atoms with Gasteiger partial charge in [-0.1, -0.05) is 182 Å². The van der Waals surface area contributed by atoms with Gasteiger partial charge in [-0.2, -0.15) is 0 Å². The maximum atomic E-state index is 2.75. The lowest BCUT2D eigenvalue weighted by molar-refractivity contribution is 1.15. The molecular formula is C78H45B3N6. The molecule has 22 rings (SSSR count). The van der Waals surface area contributed by atoms with Crippen molar-refractivity contribution in [3.63, 3.8) is 0 Å². The van der Waals surface area contributed by atoms with Gasteiger partial charge in [-0.15, -0.1) is 0 Å². The molecule has 0 aliphatic carbocycles. The van der Waals surface area contributed by atoms with E-state index in [0.717, 1.165) is 17.1 Å². The van der Waals surface area contributed by atoms with Crippen LogP contribution in [0, 0.1) is 0 Å². The predicted molar refractivity (Wildman–Crippen MR) is 367 cm³/mol. The zero-order valence-electron chi connectivity index (χ0n) is 46.9. The van der Waals surface area contributed by atoms with Crippen LogP contribution in [0.4, 0.5) is 51.2 Å². The van der Waals surface area contributed by atoms with Crippen LogP contribution < -0.4 is 63.9 Å². The molecule has 0 unspecified atom stereocenters. The van der Waals surface area contributed by atoms with Gasteiger partial charge in [0.15, 0.2) is 0 Å². The summed E-state index contributed by atoms with van der Waals surface area (Å²) < 4.78 is 8.24. The van der Waals surface area contributed by atoms with Gasteiger partial charge in [-0.25, -0.2) is 0 Å². The summed E-state index contributed by atoms with van der Waals surface area (Å²) in [4.78, 5) is 7.60. The van der Waals surface area contributed by atoms with Crippen LogP contribution in [-0.4, -0.2) is 33.8 Å². The lowest BCUT2D eigenvalue weighted by Crippen LogP contribution is -2.60. The van der Waals surface area contributed by atoms with Gasteiger partial charge in [-0.3, -0.25) is 0 Å². The topological polar surface area (TPSA) is 24.5 Å². The number of anilines is 9. The minimum Gasteiger partial charge on any atom is -0.311 e. The molecule has 9 heteroatoms.